The molecule has 0 bridgehead atoms. The maximum Gasteiger partial charge on any atom is 0.407 e. The third kappa shape index (κ3) is 4.77. The van der Waals surface area contributed by atoms with E-state index in [9.17, 15) is 4.79 Å². The summed E-state index contributed by atoms with van der Waals surface area (Å²) in [5.41, 5.74) is 2.41. The molecule has 162 valence electrons. The van der Waals surface area contributed by atoms with Crippen LogP contribution in [-0.4, -0.2) is 40.9 Å². The van der Waals surface area contributed by atoms with Gasteiger partial charge in [0.2, 0.25) is 5.88 Å². The maximum absolute atomic E-state index is 12.0. The van der Waals surface area contributed by atoms with Crippen molar-refractivity contribution in [3.8, 4) is 11.6 Å². The molecule has 0 spiro atoms. The van der Waals surface area contributed by atoms with Gasteiger partial charge in [0.05, 0.1) is 24.3 Å². The topological polar surface area (TPSA) is 82.6 Å². The molecule has 4 rings (SSSR count). The van der Waals surface area contributed by atoms with Crippen molar-refractivity contribution in [2.75, 3.05) is 7.11 Å². The van der Waals surface area contributed by atoms with Gasteiger partial charge in [-0.05, 0) is 64.9 Å². The van der Waals surface area contributed by atoms with Crippen LogP contribution >= 0.6 is 0 Å². The minimum Gasteiger partial charge on any atom is -0.488 e. The highest BCUT2D eigenvalue weighted by atomic mass is 16.6. The van der Waals surface area contributed by atoms with Gasteiger partial charge in [0.25, 0.3) is 0 Å². The van der Waals surface area contributed by atoms with Crippen LogP contribution < -0.4 is 14.8 Å². The Bertz CT molecular complexity index is 917. The number of methoxy groups -OCH3 is 1. The van der Waals surface area contributed by atoms with Crippen LogP contribution in [0.3, 0.4) is 0 Å². The number of nitrogens with zero attached hydrogens (tertiary/aromatic N) is 2. The quantitative estimate of drug-likeness (QED) is 0.799. The number of ether oxygens (including phenoxy) is 3. The van der Waals surface area contributed by atoms with E-state index in [1.54, 1.807) is 7.11 Å². The first-order chi connectivity index (χ1) is 14.3. The van der Waals surface area contributed by atoms with E-state index >= 15 is 0 Å². The Morgan fingerprint density at radius 1 is 1.23 bits per heavy atom. The van der Waals surface area contributed by atoms with Crippen molar-refractivity contribution in [1.82, 2.24) is 15.3 Å². The van der Waals surface area contributed by atoms with Crippen molar-refractivity contribution in [2.45, 2.75) is 77.0 Å². The summed E-state index contributed by atoms with van der Waals surface area (Å²) in [4.78, 5) is 21.1. The fourth-order valence-corrected chi connectivity index (χ4v) is 4.46. The highest BCUT2D eigenvalue weighted by molar-refractivity contribution is 5.81. The number of carbonyl (C=O) groups excluding carboxylic acids is 1. The summed E-state index contributed by atoms with van der Waals surface area (Å²) in [5, 5.41) is 3.01. The highest BCUT2D eigenvalue weighted by Crippen LogP contribution is 2.37. The summed E-state index contributed by atoms with van der Waals surface area (Å²) in [6.45, 7) is 5.65. The van der Waals surface area contributed by atoms with Gasteiger partial charge in [0.15, 0.2) is 0 Å². The van der Waals surface area contributed by atoms with Gasteiger partial charge < -0.3 is 19.5 Å². The third-order valence-corrected chi connectivity index (χ3v) is 5.85. The molecule has 30 heavy (non-hydrogen) atoms. The minimum absolute atomic E-state index is 0.153. The lowest BCUT2D eigenvalue weighted by Crippen LogP contribution is -2.41. The number of pyridine rings is 2. The average molecular weight is 414 g/mol. The predicted octanol–water partition coefficient (Wildman–Crippen LogP) is 4.42. The molecule has 7 heteroatoms. The number of hydrogen-bond acceptors (Lipinski definition) is 6. The van der Waals surface area contributed by atoms with Gasteiger partial charge in [-0.1, -0.05) is 0 Å². The summed E-state index contributed by atoms with van der Waals surface area (Å²) in [6.07, 6.45) is 7.64. The molecule has 1 atom stereocenters. The molecular weight excluding hydrogens is 382 g/mol. The largest absolute Gasteiger partial charge is 0.488 e. The van der Waals surface area contributed by atoms with Gasteiger partial charge in [-0.3, -0.25) is 4.98 Å². The smallest absolute Gasteiger partial charge is 0.407 e. The summed E-state index contributed by atoms with van der Waals surface area (Å²) < 4.78 is 16.9. The number of carbonyl (C=O) groups is 1. The Morgan fingerprint density at radius 2 is 2.00 bits per heavy atom. The second-order valence-electron chi connectivity index (χ2n) is 9.37. The Kier molecular flexibility index (Phi) is 5.71. The summed E-state index contributed by atoms with van der Waals surface area (Å²) in [7, 11) is 1.62. The number of fused-ring (bicyclic) bond motifs is 3. The van der Waals surface area contributed by atoms with Crippen LogP contribution in [0.1, 0.15) is 58.4 Å². The molecule has 1 N–H and O–H groups in total. The molecule has 0 saturated heterocycles. The predicted molar refractivity (Wildman–Crippen MR) is 114 cm³/mol. The van der Waals surface area contributed by atoms with E-state index in [-0.39, 0.29) is 18.2 Å². The maximum atomic E-state index is 12.0. The zero-order chi connectivity index (χ0) is 21.3. The molecule has 0 radical (unpaired) electrons. The Balaban J connectivity index is 1.31. The van der Waals surface area contributed by atoms with Crippen molar-refractivity contribution in [3.63, 3.8) is 0 Å². The fourth-order valence-electron chi connectivity index (χ4n) is 4.46. The van der Waals surface area contributed by atoms with Crippen molar-refractivity contribution in [2.24, 2.45) is 5.92 Å². The molecular formula is C23H31N3O4. The monoisotopic (exact) mass is 413 g/mol. The summed E-state index contributed by atoms with van der Waals surface area (Å²) in [6, 6.07) is 3.97. The Hall–Kier alpha value is -2.57. The van der Waals surface area contributed by atoms with Crippen LogP contribution in [-0.2, 0) is 11.2 Å². The average Bonchev–Trinajstić information content (AvgIpc) is 3.10. The van der Waals surface area contributed by atoms with E-state index in [0.29, 0.717) is 11.8 Å². The molecule has 0 aromatic carbocycles. The lowest BCUT2D eigenvalue weighted by molar-refractivity contribution is 0.0483. The fraction of sp³-hybridized carbons (Fsp3) is 0.609. The Morgan fingerprint density at radius 3 is 2.70 bits per heavy atom. The second-order valence-corrected chi connectivity index (χ2v) is 9.37. The molecule has 1 saturated carbocycles. The first kappa shape index (κ1) is 20.7. The molecule has 1 fully saturated rings. The van der Waals surface area contributed by atoms with Gasteiger partial charge in [-0.2, -0.15) is 0 Å². The van der Waals surface area contributed by atoms with Crippen LogP contribution in [0.4, 0.5) is 4.79 Å². The van der Waals surface area contributed by atoms with Gasteiger partial charge in [0.1, 0.15) is 17.5 Å². The number of nitrogens with one attached hydrogen (secondary N) is 1. The number of rotatable bonds is 4. The van der Waals surface area contributed by atoms with Crippen molar-refractivity contribution >= 4 is 17.1 Å². The molecule has 1 aliphatic heterocycles. The minimum atomic E-state index is -0.464. The zero-order valence-corrected chi connectivity index (χ0v) is 18.2. The normalized spacial score (nSPS) is 23.5. The molecule has 1 aliphatic carbocycles. The zero-order valence-electron chi connectivity index (χ0n) is 18.2. The number of hydrogen-bond donors (Lipinski definition) is 1. The number of amides is 1. The molecule has 2 aromatic heterocycles. The number of alkyl carbamates (subject to hydrolysis) is 1. The van der Waals surface area contributed by atoms with Crippen molar-refractivity contribution in [1.29, 1.82) is 0 Å². The van der Waals surface area contributed by atoms with Gasteiger partial charge in [-0.15, -0.1) is 0 Å². The van der Waals surface area contributed by atoms with Crippen molar-refractivity contribution < 1.29 is 19.0 Å². The molecule has 7 nitrogen and oxygen atoms in total. The molecule has 2 aromatic rings. The van der Waals surface area contributed by atoms with Gasteiger partial charge in [-0.25, -0.2) is 9.78 Å². The van der Waals surface area contributed by atoms with Crippen molar-refractivity contribution in [3.05, 3.63) is 23.9 Å². The van der Waals surface area contributed by atoms with E-state index in [1.165, 1.54) is 0 Å². The van der Waals surface area contributed by atoms with Crippen LogP contribution in [0.15, 0.2) is 18.3 Å². The van der Waals surface area contributed by atoms with Crippen LogP contribution in [0, 0.1) is 5.92 Å². The summed E-state index contributed by atoms with van der Waals surface area (Å²) in [5.74, 6) is 2.04. The van der Waals surface area contributed by atoms with Gasteiger partial charge >= 0.3 is 6.09 Å². The molecule has 2 aliphatic rings. The first-order valence-corrected chi connectivity index (χ1v) is 10.8. The van der Waals surface area contributed by atoms with E-state index in [0.717, 1.165) is 60.9 Å². The number of aromatic nitrogens is 2. The second kappa shape index (κ2) is 8.28. The van der Waals surface area contributed by atoms with Crippen LogP contribution in [0.25, 0.3) is 11.0 Å². The third-order valence-electron chi connectivity index (χ3n) is 5.85. The highest BCUT2D eigenvalue weighted by Gasteiger charge is 2.31. The molecule has 1 amide bonds. The van der Waals surface area contributed by atoms with E-state index < -0.39 is 5.60 Å². The lowest BCUT2D eigenvalue weighted by atomic mass is 9.82. The van der Waals surface area contributed by atoms with E-state index in [2.05, 4.69) is 15.3 Å². The Labute approximate surface area is 177 Å². The van der Waals surface area contributed by atoms with Crippen LogP contribution in [0.5, 0.6) is 11.6 Å². The van der Waals surface area contributed by atoms with E-state index in [4.69, 9.17) is 14.2 Å². The first-order valence-electron chi connectivity index (χ1n) is 10.8. The van der Waals surface area contributed by atoms with E-state index in [1.807, 2.05) is 39.1 Å². The molecule has 1 unspecified atom stereocenters. The van der Waals surface area contributed by atoms with Crippen LogP contribution in [0.2, 0.25) is 0 Å². The van der Waals surface area contributed by atoms with Gasteiger partial charge in [0, 0.05) is 24.1 Å². The lowest BCUT2D eigenvalue weighted by Gasteiger charge is -2.31. The molecule has 3 heterocycles. The standard InChI is InChI=1S/C23H31N3O4/c1-23(2,3)30-22(27)25-15-7-5-14(6-8-15)11-16-12-17-19(29-16)13-24-18-9-10-20(28-4)26-21(17)18/h9-10,13-16H,5-8,11-12H2,1-4H3,(H,25,27)/t14-,15-,16?. The SMILES string of the molecule is COc1ccc2ncc3c(c2n1)CC(C[C@H]1CC[C@H](NC(=O)OC(C)(C)C)CC1)O3. The summed E-state index contributed by atoms with van der Waals surface area (Å²) >= 11 is 0.